The molecule has 0 saturated carbocycles. The van der Waals surface area contributed by atoms with Gasteiger partial charge in [0.15, 0.2) is 0 Å². The molecular weight excluding hydrogens is 564 g/mol. The van der Waals surface area contributed by atoms with Gasteiger partial charge >= 0.3 is 0 Å². The smallest absolute Gasteiger partial charge is 0.127 e. The second kappa shape index (κ2) is 19.8. The number of anilines is 2. The predicted molar refractivity (Wildman–Crippen MR) is 203 cm³/mol. The van der Waals surface area contributed by atoms with Crippen molar-refractivity contribution in [2.24, 2.45) is 11.8 Å². The standard InChI is InChI=1S/C42H60N2O2/c1-9-13-15-33(11-3)31-45-41-29-38(24-18-36-21-27-40(28-22-36)44(7)8)42(46-32-34(12-4)16-14-10-2)30-37(41)23-17-35-19-25-39(26-20-35)43(5)6/h17-30,33-34H,9-16,31-32H2,1-8H3/b23-17+,24-18+. The summed E-state index contributed by atoms with van der Waals surface area (Å²) in [6.45, 7) is 10.5. The molecule has 0 aliphatic carbocycles. The molecule has 4 heteroatoms. The Hall–Kier alpha value is -3.66. The lowest BCUT2D eigenvalue weighted by Crippen LogP contribution is -2.13. The predicted octanol–water partition coefficient (Wildman–Crippen LogP) is 11.3. The van der Waals surface area contributed by atoms with E-state index in [1.54, 1.807) is 0 Å². The molecule has 0 radical (unpaired) electrons. The summed E-state index contributed by atoms with van der Waals surface area (Å²) in [5, 5.41) is 0. The average Bonchev–Trinajstić information content (AvgIpc) is 3.07. The summed E-state index contributed by atoms with van der Waals surface area (Å²) >= 11 is 0. The zero-order valence-electron chi connectivity index (χ0n) is 30.0. The highest BCUT2D eigenvalue weighted by Crippen LogP contribution is 2.34. The van der Waals surface area contributed by atoms with Crippen LogP contribution in [0.4, 0.5) is 11.4 Å². The van der Waals surface area contributed by atoms with E-state index in [1.165, 1.54) is 49.9 Å². The van der Waals surface area contributed by atoms with Gasteiger partial charge in [-0.3, -0.25) is 0 Å². The molecule has 0 heterocycles. The van der Waals surface area contributed by atoms with Gasteiger partial charge in [-0.05, 0) is 72.2 Å². The number of ether oxygens (including phenoxy) is 2. The minimum Gasteiger partial charge on any atom is -0.493 e. The zero-order chi connectivity index (χ0) is 33.3. The first-order chi connectivity index (χ1) is 22.3. The number of rotatable bonds is 20. The van der Waals surface area contributed by atoms with Crippen molar-refractivity contribution in [2.45, 2.75) is 79.1 Å². The molecule has 0 bridgehead atoms. The molecule has 250 valence electrons. The number of hydrogen-bond donors (Lipinski definition) is 0. The van der Waals surface area contributed by atoms with Crippen molar-refractivity contribution < 1.29 is 9.47 Å². The Morgan fingerprint density at radius 1 is 0.543 bits per heavy atom. The van der Waals surface area contributed by atoms with E-state index < -0.39 is 0 Å². The van der Waals surface area contributed by atoms with Crippen LogP contribution in [0.3, 0.4) is 0 Å². The highest BCUT2D eigenvalue weighted by atomic mass is 16.5. The third kappa shape index (κ3) is 11.9. The molecule has 2 atom stereocenters. The van der Waals surface area contributed by atoms with Gasteiger partial charge in [-0.15, -0.1) is 0 Å². The Morgan fingerprint density at radius 2 is 0.913 bits per heavy atom. The van der Waals surface area contributed by atoms with Crippen LogP contribution in [-0.2, 0) is 0 Å². The van der Waals surface area contributed by atoms with Gasteiger partial charge in [0.1, 0.15) is 11.5 Å². The number of hydrogen-bond acceptors (Lipinski definition) is 4. The van der Waals surface area contributed by atoms with Crippen LogP contribution in [-0.4, -0.2) is 41.4 Å². The van der Waals surface area contributed by atoms with E-state index in [9.17, 15) is 0 Å². The van der Waals surface area contributed by atoms with Gasteiger partial charge in [-0.1, -0.05) is 115 Å². The van der Waals surface area contributed by atoms with E-state index in [0.29, 0.717) is 11.8 Å². The van der Waals surface area contributed by atoms with Crippen LogP contribution >= 0.6 is 0 Å². The van der Waals surface area contributed by atoms with Crippen molar-refractivity contribution in [3.05, 3.63) is 82.9 Å². The van der Waals surface area contributed by atoms with Gasteiger partial charge in [0.25, 0.3) is 0 Å². The monoisotopic (exact) mass is 624 g/mol. The minimum absolute atomic E-state index is 0.546. The summed E-state index contributed by atoms with van der Waals surface area (Å²) in [4.78, 5) is 4.25. The maximum atomic E-state index is 6.66. The van der Waals surface area contributed by atoms with Crippen LogP contribution in [0.25, 0.3) is 24.3 Å². The molecule has 0 aliphatic heterocycles. The molecule has 0 fully saturated rings. The van der Waals surface area contributed by atoms with Gasteiger partial charge < -0.3 is 19.3 Å². The zero-order valence-corrected chi connectivity index (χ0v) is 30.0. The van der Waals surface area contributed by atoms with Crippen molar-refractivity contribution in [1.82, 2.24) is 0 Å². The van der Waals surface area contributed by atoms with Crippen LogP contribution in [0.1, 0.15) is 101 Å². The minimum atomic E-state index is 0.546. The van der Waals surface area contributed by atoms with Crippen LogP contribution in [0.15, 0.2) is 60.7 Å². The maximum absolute atomic E-state index is 6.66. The molecule has 0 N–H and O–H groups in total. The summed E-state index contributed by atoms with van der Waals surface area (Å²) < 4.78 is 13.3. The molecule has 46 heavy (non-hydrogen) atoms. The van der Waals surface area contributed by atoms with Gasteiger partial charge in [-0.25, -0.2) is 0 Å². The van der Waals surface area contributed by atoms with Crippen molar-refractivity contribution >= 4 is 35.7 Å². The van der Waals surface area contributed by atoms with Crippen LogP contribution < -0.4 is 19.3 Å². The van der Waals surface area contributed by atoms with Crippen molar-refractivity contribution in [1.29, 1.82) is 0 Å². The molecule has 0 aromatic heterocycles. The molecule has 0 amide bonds. The van der Waals surface area contributed by atoms with Crippen LogP contribution in [0, 0.1) is 11.8 Å². The van der Waals surface area contributed by atoms with E-state index in [0.717, 1.165) is 59.8 Å². The Balaban J connectivity index is 2.03. The highest BCUT2D eigenvalue weighted by molar-refractivity contribution is 5.79. The molecule has 3 aromatic rings. The molecular formula is C42H60N2O2. The van der Waals surface area contributed by atoms with E-state index >= 15 is 0 Å². The van der Waals surface area contributed by atoms with E-state index in [2.05, 4.69) is 151 Å². The van der Waals surface area contributed by atoms with Crippen molar-refractivity contribution in [3.63, 3.8) is 0 Å². The third-order valence-corrected chi connectivity index (χ3v) is 8.91. The molecule has 0 saturated heterocycles. The number of nitrogens with zero attached hydrogens (tertiary/aromatic N) is 2. The summed E-state index contributed by atoms with van der Waals surface area (Å²) in [5.41, 5.74) is 6.79. The van der Waals surface area contributed by atoms with Crippen LogP contribution in [0.5, 0.6) is 11.5 Å². The lowest BCUT2D eigenvalue weighted by molar-refractivity contribution is 0.227. The Labute approximate surface area is 281 Å². The lowest BCUT2D eigenvalue weighted by Gasteiger charge is -2.20. The normalized spacial score (nSPS) is 12.9. The first kappa shape index (κ1) is 36.8. The Bertz CT molecular complexity index is 1230. The SMILES string of the molecule is CCCCC(CC)COc1cc(/C=C/c2ccc(N(C)C)cc2)c(OCC(CC)CCCC)cc1/C=C/c1ccc(N(C)C)cc1. The van der Waals surface area contributed by atoms with Crippen molar-refractivity contribution in [3.8, 4) is 11.5 Å². The fourth-order valence-corrected chi connectivity index (χ4v) is 5.45. The quantitative estimate of drug-likeness (QED) is 0.117. The molecule has 2 unspecified atom stereocenters. The third-order valence-electron chi connectivity index (χ3n) is 8.91. The molecule has 0 aliphatic rings. The van der Waals surface area contributed by atoms with E-state index in [1.807, 2.05) is 0 Å². The molecule has 4 nitrogen and oxygen atoms in total. The number of unbranched alkanes of at least 4 members (excludes halogenated alkanes) is 2. The van der Waals surface area contributed by atoms with E-state index in [-0.39, 0.29) is 0 Å². The molecule has 3 aromatic carbocycles. The lowest BCUT2D eigenvalue weighted by atomic mass is 10.00. The fourth-order valence-electron chi connectivity index (χ4n) is 5.45. The topological polar surface area (TPSA) is 24.9 Å². The first-order valence-electron chi connectivity index (χ1n) is 17.6. The van der Waals surface area contributed by atoms with Gasteiger partial charge in [-0.2, -0.15) is 0 Å². The highest BCUT2D eigenvalue weighted by Gasteiger charge is 2.15. The second-order valence-electron chi connectivity index (χ2n) is 13.0. The summed E-state index contributed by atoms with van der Waals surface area (Å²) in [5.74, 6) is 2.90. The summed E-state index contributed by atoms with van der Waals surface area (Å²) in [6.07, 6.45) is 18.3. The average molecular weight is 625 g/mol. The largest absolute Gasteiger partial charge is 0.493 e. The maximum Gasteiger partial charge on any atom is 0.127 e. The first-order valence-corrected chi connectivity index (χ1v) is 17.6. The van der Waals surface area contributed by atoms with Gasteiger partial charge in [0.2, 0.25) is 0 Å². The Kier molecular flexibility index (Phi) is 15.8. The second-order valence-corrected chi connectivity index (χ2v) is 13.0. The van der Waals surface area contributed by atoms with E-state index in [4.69, 9.17) is 9.47 Å². The number of benzene rings is 3. The summed E-state index contributed by atoms with van der Waals surface area (Å²) in [6, 6.07) is 21.7. The molecule has 0 spiro atoms. The van der Waals surface area contributed by atoms with Gasteiger partial charge in [0.05, 0.1) is 13.2 Å². The molecule has 3 rings (SSSR count). The summed E-state index contributed by atoms with van der Waals surface area (Å²) in [7, 11) is 8.28. The van der Waals surface area contributed by atoms with Crippen molar-refractivity contribution in [2.75, 3.05) is 51.2 Å². The fraction of sp³-hybridized carbons (Fsp3) is 0.476. The van der Waals surface area contributed by atoms with Crippen LogP contribution in [0.2, 0.25) is 0 Å². The van der Waals surface area contributed by atoms with Gasteiger partial charge in [0, 0.05) is 50.7 Å². The Morgan fingerprint density at radius 3 is 1.22 bits per heavy atom.